The Morgan fingerprint density at radius 2 is 2.86 bits per heavy atom. The summed E-state index contributed by atoms with van der Waals surface area (Å²) in [6.07, 6.45) is 0. The number of alkyl halides is 1. The molecule has 1 atom stereocenters. The van der Waals surface area contributed by atoms with Crippen LogP contribution in [0.25, 0.3) is 0 Å². The molecule has 1 rings (SSSR count). The molecule has 1 aliphatic rings. The van der Waals surface area contributed by atoms with Crippen LogP contribution in [-0.2, 0) is 0 Å². The Balaban J connectivity index is 2.28. The van der Waals surface area contributed by atoms with E-state index in [1.807, 2.05) is 0 Å². The third-order valence-electron chi connectivity index (χ3n) is 0.754. The van der Waals surface area contributed by atoms with Crippen molar-refractivity contribution in [3.63, 3.8) is 0 Å². The number of nitrogens with zero attached hydrogens (tertiary/aromatic N) is 1. The standard InChI is InChI=1S/C4H5FNS/c5-1-4-2-7-3-6-4/h4H,1-2H2. The minimum Gasteiger partial charge on any atom is -0.269 e. The van der Waals surface area contributed by atoms with Crippen LogP contribution in [0.3, 0.4) is 0 Å². The molecule has 7 heavy (non-hydrogen) atoms. The predicted octanol–water partition coefficient (Wildman–Crippen LogP) is 0.977. The second kappa shape index (κ2) is 2.31. The maximum atomic E-state index is 11.6. The number of halogens is 1. The topological polar surface area (TPSA) is 12.4 Å². The Kier molecular flexibility index (Phi) is 1.68. The van der Waals surface area contributed by atoms with Gasteiger partial charge in [0.25, 0.3) is 0 Å². The smallest absolute Gasteiger partial charge is 0.123 e. The Labute approximate surface area is 46.0 Å². The van der Waals surface area contributed by atoms with E-state index in [0.717, 1.165) is 5.75 Å². The zero-order valence-electron chi connectivity index (χ0n) is 3.72. The Bertz CT molecular complexity index is 83.8. The average Bonchev–Trinajstić information content (AvgIpc) is 2.14. The molecule has 0 bridgehead atoms. The van der Waals surface area contributed by atoms with Crippen molar-refractivity contribution in [2.24, 2.45) is 4.99 Å². The number of thioether (sulfide) groups is 1. The highest BCUT2D eigenvalue weighted by molar-refractivity contribution is 8.12. The van der Waals surface area contributed by atoms with Crippen molar-refractivity contribution in [1.82, 2.24) is 0 Å². The highest BCUT2D eigenvalue weighted by Crippen LogP contribution is 2.10. The maximum absolute atomic E-state index is 11.6. The van der Waals surface area contributed by atoms with E-state index in [1.54, 1.807) is 0 Å². The fourth-order valence-corrected chi connectivity index (χ4v) is 1.02. The van der Waals surface area contributed by atoms with Gasteiger partial charge in [-0.15, -0.1) is 11.8 Å². The molecule has 0 fully saturated rings. The summed E-state index contributed by atoms with van der Waals surface area (Å²) in [6.45, 7) is -0.333. The van der Waals surface area contributed by atoms with E-state index in [0.29, 0.717) is 0 Å². The second-order valence-electron chi connectivity index (χ2n) is 1.34. The van der Waals surface area contributed by atoms with E-state index < -0.39 is 0 Å². The fraction of sp³-hybridized carbons (Fsp3) is 0.750. The van der Waals surface area contributed by atoms with Crippen molar-refractivity contribution in [3.05, 3.63) is 0 Å². The minimum absolute atomic E-state index is 0.0926. The molecule has 0 saturated heterocycles. The molecule has 39 valence electrons. The largest absolute Gasteiger partial charge is 0.269 e. The first kappa shape index (κ1) is 5.09. The van der Waals surface area contributed by atoms with Gasteiger partial charge in [0.05, 0.1) is 6.04 Å². The van der Waals surface area contributed by atoms with E-state index in [1.165, 1.54) is 11.8 Å². The molecule has 1 radical (unpaired) electrons. The van der Waals surface area contributed by atoms with Crippen LogP contribution in [0, 0.1) is 0 Å². The van der Waals surface area contributed by atoms with Gasteiger partial charge in [-0.1, -0.05) is 0 Å². The van der Waals surface area contributed by atoms with Crippen LogP contribution in [0.4, 0.5) is 4.39 Å². The summed E-state index contributed by atoms with van der Waals surface area (Å²) in [5.41, 5.74) is 2.62. The van der Waals surface area contributed by atoms with Gasteiger partial charge in [-0.25, -0.2) is 4.39 Å². The lowest BCUT2D eigenvalue weighted by molar-refractivity contribution is 0.453. The molecule has 1 aliphatic heterocycles. The summed E-state index contributed by atoms with van der Waals surface area (Å²) >= 11 is 1.45. The van der Waals surface area contributed by atoms with Crippen LogP contribution in [-0.4, -0.2) is 24.0 Å². The van der Waals surface area contributed by atoms with Crippen molar-refractivity contribution >= 4 is 17.3 Å². The van der Waals surface area contributed by atoms with Gasteiger partial charge in [-0.3, -0.25) is 4.99 Å². The highest BCUT2D eigenvalue weighted by atomic mass is 32.2. The van der Waals surface area contributed by atoms with Crippen LogP contribution < -0.4 is 0 Å². The molecule has 0 amide bonds. The summed E-state index contributed by atoms with van der Waals surface area (Å²) < 4.78 is 11.6. The third-order valence-corrected chi connectivity index (χ3v) is 1.54. The van der Waals surface area contributed by atoms with Crippen LogP contribution in [0.2, 0.25) is 0 Å². The van der Waals surface area contributed by atoms with Crippen LogP contribution in [0.5, 0.6) is 0 Å². The summed E-state index contributed by atoms with van der Waals surface area (Å²) in [4.78, 5) is 3.69. The number of hydrogen-bond donors (Lipinski definition) is 0. The molecule has 0 saturated carbocycles. The summed E-state index contributed by atoms with van der Waals surface area (Å²) in [5, 5.41) is 0. The first-order valence-corrected chi connectivity index (χ1v) is 3.04. The molecule has 0 spiro atoms. The van der Waals surface area contributed by atoms with Crippen molar-refractivity contribution < 1.29 is 4.39 Å². The number of rotatable bonds is 1. The maximum Gasteiger partial charge on any atom is 0.123 e. The molecule has 1 heterocycles. The first-order chi connectivity index (χ1) is 3.43. The van der Waals surface area contributed by atoms with E-state index in [9.17, 15) is 4.39 Å². The zero-order chi connectivity index (χ0) is 5.11. The highest BCUT2D eigenvalue weighted by Gasteiger charge is 2.09. The lowest BCUT2D eigenvalue weighted by atomic mass is 10.4. The number of hydrogen-bond acceptors (Lipinski definition) is 2. The molecule has 1 nitrogen and oxygen atoms in total. The van der Waals surface area contributed by atoms with Gasteiger partial charge >= 0.3 is 0 Å². The molecule has 0 aliphatic carbocycles. The van der Waals surface area contributed by atoms with Crippen LogP contribution in [0.15, 0.2) is 4.99 Å². The number of aliphatic imine (C=N–C) groups is 1. The molecule has 0 aromatic heterocycles. The van der Waals surface area contributed by atoms with Gasteiger partial charge in [0.1, 0.15) is 12.2 Å². The molecular formula is C4H5FNS. The van der Waals surface area contributed by atoms with Crippen molar-refractivity contribution in [2.75, 3.05) is 12.4 Å². The molecule has 1 unspecified atom stereocenters. The Morgan fingerprint density at radius 3 is 3.14 bits per heavy atom. The molecule has 3 heteroatoms. The second-order valence-corrected chi connectivity index (χ2v) is 2.14. The zero-order valence-corrected chi connectivity index (χ0v) is 4.54. The third kappa shape index (κ3) is 1.16. The molecule has 0 N–H and O–H groups in total. The normalized spacial score (nSPS) is 29.0. The van der Waals surface area contributed by atoms with Gasteiger partial charge in [-0.2, -0.15) is 0 Å². The van der Waals surface area contributed by atoms with E-state index in [2.05, 4.69) is 10.5 Å². The monoisotopic (exact) mass is 118 g/mol. The first-order valence-electron chi connectivity index (χ1n) is 2.06. The summed E-state index contributed by atoms with van der Waals surface area (Å²) in [7, 11) is 0. The van der Waals surface area contributed by atoms with Crippen LogP contribution in [0.1, 0.15) is 0 Å². The molecule has 0 aromatic carbocycles. The molecular weight excluding hydrogens is 113 g/mol. The SMILES string of the molecule is FCC1CS[C]=N1. The lowest BCUT2D eigenvalue weighted by Gasteiger charge is -1.92. The van der Waals surface area contributed by atoms with Gasteiger partial charge in [0.15, 0.2) is 0 Å². The summed E-state index contributed by atoms with van der Waals surface area (Å²) in [6, 6.07) is -0.0926. The minimum atomic E-state index is -0.333. The van der Waals surface area contributed by atoms with E-state index in [-0.39, 0.29) is 12.7 Å². The van der Waals surface area contributed by atoms with Crippen molar-refractivity contribution in [2.45, 2.75) is 6.04 Å². The van der Waals surface area contributed by atoms with Gasteiger partial charge in [-0.05, 0) is 0 Å². The van der Waals surface area contributed by atoms with Crippen molar-refractivity contribution in [3.8, 4) is 0 Å². The molecule has 0 aromatic rings. The Morgan fingerprint density at radius 1 is 2.00 bits per heavy atom. The fourth-order valence-electron chi connectivity index (χ4n) is 0.362. The average molecular weight is 118 g/mol. The van der Waals surface area contributed by atoms with Crippen molar-refractivity contribution in [1.29, 1.82) is 0 Å². The van der Waals surface area contributed by atoms with E-state index in [4.69, 9.17) is 0 Å². The lowest BCUT2D eigenvalue weighted by Crippen LogP contribution is -2.04. The Hall–Kier alpha value is -0.0500. The van der Waals surface area contributed by atoms with Gasteiger partial charge < -0.3 is 0 Å². The van der Waals surface area contributed by atoms with Gasteiger partial charge in [0, 0.05) is 5.75 Å². The summed E-state index contributed by atoms with van der Waals surface area (Å²) in [5.74, 6) is 0.774. The van der Waals surface area contributed by atoms with Gasteiger partial charge in [0.2, 0.25) is 0 Å². The van der Waals surface area contributed by atoms with Crippen LogP contribution >= 0.6 is 11.8 Å². The predicted molar refractivity (Wildman–Crippen MR) is 29.7 cm³/mol. The van der Waals surface area contributed by atoms with E-state index >= 15 is 0 Å². The quantitative estimate of drug-likeness (QED) is 0.500.